The Kier molecular flexibility index (Phi) is 2.76. The Hall–Kier alpha value is -0.960. The van der Waals surface area contributed by atoms with Crippen LogP contribution in [0.1, 0.15) is 12.5 Å². The predicted molar refractivity (Wildman–Crippen MR) is 41.5 cm³/mol. The maximum absolute atomic E-state index is 12.9. The van der Waals surface area contributed by atoms with Crippen LogP contribution in [0.15, 0.2) is 18.2 Å². The van der Waals surface area contributed by atoms with Gasteiger partial charge in [0.05, 0.1) is 6.61 Å². The van der Waals surface area contributed by atoms with Gasteiger partial charge in [-0.05, 0) is 6.07 Å². The van der Waals surface area contributed by atoms with Crippen molar-refractivity contribution >= 4 is 0 Å². The molecule has 0 fully saturated rings. The van der Waals surface area contributed by atoms with E-state index in [1.54, 1.807) is 6.92 Å². The van der Waals surface area contributed by atoms with E-state index < -0.39 is 11.6 Å². The molecule has 65 valence electrons. The van der Waals surface area contributed by atoms with E-state index in [0.29, 0.717) is 5.92 Å². The first-order valence-electron chi connectivity index (χ1n) is 3.54. The minimum absolute atomic E-state index is 0.137. The first kappa shape index (κ1) is 9.13. The molecule has 0 amide bonds. The van der Waals surface area contributed by atoms with Gasteiger partial charge in [0.1, 0.15) is 0 Å². The number of halogens is 2. The fraction of sp³-hybridized carbons (Fsp3) is 0.222. The number of hydrogen-bond acceptors (Lipinski definition) is 1. The largest absolute Gasteiger partial charge is 0.395 e. The SMILES string of the molecule is C[C](CO)c1cccc(F)c1F. The molecule has 0 aliphatic heterocycles. The lowest BCUT2D eigenvalue weighted by molar-refractivity contribution is 0.313. The second-order valence-corrected chi connectivity index (χ2v) is 2.54. The molecule has 0 heterocycles. The third-order valence-electron chi connectivity index (χ3n) is 1.65. The normalized spacial score (nSPS) is 10.8. The minimum atomic E-state index is -0.899. The zero-order valence-corrected chi connectivity index (χ0v) is 6.64. The second kappa shape index (κ2) is 3.63. The van der Waals surface area contributed by atoms with E-state index >= 15 is 0 Å². The van der Waals surface area contributed by atoms with Crippen molar-refractivity contribution in [2.75, 3.05) is 6.61 Å². The van der Waals surface area contributed by atoms with Gasteiger partial charge >= 0.3 is 0 Å². The molecule has 3 heteroatoms. The van der Waals surface area contributed by atoms with Crippen molar-refractivity contribution in [1.29, 1.82) is 0 Å². The molecule has 1 nitrogen and oxygen atoms in total. The van der Waals surface area contributed by atoms with Gasteiger partial charge < -0.3 is 5.11 Å². The fourth-order valence-corrected chi connectivity index (χ4v) is 0.919. The van der Waals surface area contributed by atoms with Crippen LogP contribution in [-0.2, 0) is 0 Å². The molecule has 1 aromatic rings. The van der Waals surface area contributed by atoms with E-state index in [1.807, 2.05) is 0 Å². The van der Waals surface area contributed by atoms with Gasteiger partial charge in [0.2, 0.25) is 0 Å². The van der Waals surface area contributed by atoms with Gasteiger partial charge in [-0.3, -0.25) is 0 Å². The van der Waals surface area contributed by atoms with E-state index in [4.69, 9.17) is 5.11 Å². The van der Waals surface area contributed by atoms with E-state index in [0.717, 1.165) is 6.07 Å². The standard InChI is InChI=1S/C9H9F2O/c1-6(5-12)7-3-2-4-8(10)9(7)11/h2-4,12H,5H2,1H3. The van der Waals surface area contributed by atoms with E-state index in [9.17, 15) is 8.78 Å². The highest BCUT2D eigenvalue weighted by molar-refractivity contribution is 5.31. The van der Waals surface area contributed by atoms with Gasteiger partial charge in [0.25, 0.3) is 0 Å². The molecule has 0 spiro atoms. The molecule has 0 saturated carbocycles. The maximum atomic E-state index is 12.9. The van der Waals surface area contributed by atoms with Crippen LogP contribution < -0.4 is 0 Å². The molecule has 1 rings (SSSR count). The topological polar surface area (TPSA) is 20.2 Å². The van der Waals surface area contributed by atoms with Gasteiger partial charge in [-0.2, -0.15) is 0 Å². The summed E-state index contributed by atoms with van der Waals surface area (Å²) in [5, 5.41) is 8.68. The Balaban J connectivity index is 3.07. The summed E-state index contributed by atoms with van der Waals surface area (Å²) in [6.07, 6.45) is 0. The Morgan fingerprint density at radius 3 is 2.67 bits per heavy atom. The fourth-order valence-electron chi connectivity index (χ4n) is 0.919. The number of benzene rings is 1. The van der Waals surface area contributed by atoms with Crippen molar-refractivity contribution in [2.24, 2.45) is 0 Å². The maximum Gasteiger partial charge on any atom is 0.162 e. The molecular weight excluding hydrogens is 162 g/mol. The quantitative estimate of drug-likeness (QED) is 0.720. The molecule has 1 N–H and O–H groups in total. The van der Waals surface area contributed by atoms with Gasteiger partial charge in [-0.25, -0.2) is 8.78 Å². The van der Waals surface area contributed by atoms with Gasteiger partial charge in [0, 0.05) is 11.5 Å². The first-order valence-corrected chi connectivity index (χ1v) is 3.54. The van der Waals surface area contributed by atoms with Crippen molar-refractivity contribution < 1.29 is 13.9 Å². The van der Waals surface area contributed by atoms with Crippen molar-refractivity contribution in [3.8, 4) is 0 Å². The van der Waals surface area contributed by atoms with Gasteiger partial charge in [-0.1, -0.05) is 19.1 Å². The third kappa shape index (κ3) is 1.61. The first-order chi connectivity index (χ1) is 5.66. The molecule has 0 aliphatic carbocycles. The van der Waals surface area contributed by atoms with Crippen molar-refractivity contribution in [1.82, 2.24) is 0 Å². The Morgan fingerprint density at radius 1 is 1.42 bits per heavy atom. The van der Waals surface area contributed by atoms with Crippen LogP contribution in [0.2, 0.25) is 0 Å². The zero-order chi connectivity index (χ0) is 9.14. The number of aliphatic hydroxyl groups is 1. The lowest BCUT2D eigenvalue weighted by Crippen LogP contribution is -2.04. The highest BCUT2D eigenvalue weighted by Crippen LogP contribution is 2.19. The summed E-state index contributed by atoms with van der Waals surface area (Å²) in [6.45, 7) is 1.29. The molecule has 0 bridgehead atoms. The Morgan fingerprint density at radius 2 is 2.08 bits per heavy atom. The molecule has 0 unspecified atom stereocenters. The van der Waals surface area contributed by atoms with Crippen LogP contribution in [-0.4, -0.2) is 11.7 Å². The highest BCUT2D eigenvalue weighted by Gasteiger charge is 2.13. The van der Waals surface area contributed by atoms with E-state index in [1.165, 1.54) is 12.1 Å². The van der Waals surface area contributed by atoms with Crippen molar-refractivity contribution in [2.45, 2.75) is 6.92 Å². The summed E-state index contributed by atoms with van der Waals surface area (Å²) >= 11 is 0. The Bertz CT molecular complexity index is 273. The van der Waals surface area contributed by atoms with Crippen LogP contribution in [0.3, 0.4) is 0 Å². The van der Waals surface area contributed by atoms with Crippen LogP contribution in [0.4, 0.5) is 8.78 Å². The van der Waals surface area contributed by atoms with Crippen molar-refractivity contribution in [3.63, 3.8) is 0 Å². The van der Waals surface area contributed by atoms with Gasteiger partial charge in [0.15, 0.2) is 11.6 Å². The smallest absolute Gasteiger partial charge is 0.162 e. The monoisotopic (exact) mass is 171 g/mol. The molecule has 0 aliphatic rings. The molecule has 0 aromatic heterocycles. The molecule has 12 heavy (non-hydrogen) atoms. The summed E-state index contributed by atoms with van der Waals surface area (Å²) in [6, 6.07) is 3.89. The molecule has 0 atom stereocenters. The molecular formula is C9H9F2O. The number of aliphatic hydroxyl groups excluding tert-OH is 1. The van der Waals surface area contributed by atoms with Gasteiger partial charge in [-0.15, -0.1) is 0 Å². The van der Waals surface area contributed by atoms with E-state index in [2.05, 4.69) is 0 Å². The van der Waals surface area contributed by atoms with Crippen LogP contribution in [0.5, 0.6) is 0 Å². The summed E-state index contributed by atoms with van der Waals surface area (Å²) in [5.74, 6) is -1.36. The molecule has 1 radical (unpaired) electrons. The van der Waals surface area contributed by atoms with Crippen LogP contribution in [0, 0.1) is 17.6 Å². The minimum Gasteiger partial charge on any atom is -0.395 e. The molecule has 1 aromatic carbocycles. The lowest BCUT2D eigenvalue weighted by Gasteiger charge is -2.08. The highest BCUT2D eigenvalue weighted by atomic mass is 19.2. The summed E-state index contributed by atoms with van der Waals surface area (Å²) in [7, 11) is 0. The van der Waals surface area contributed by atoms with Crippen LogP contribution in [0.25, 0.3) is 0 Å². The summed E-state index contributed by atoms with van der Waals surface area (Å²) < 4.78 is 25.5. The molecule has 0 saturated heterocycles. The summed E-state index contributed by atoms with van der Waals surface area (Å²) in [4.78, 5) is 0. The third-order valence-corrected chi connectivity index (χ3v) is 1.65. The zero-order valence-electron chi connectivity index (χ0n) is 6.64. The predicted octanol–water partition coefficient (Wildman–Crippen LogP) is 1.90. The number of rotatable bonds is 2. The average molecular weight is 171 g/mol. The van der Waals surface area contributed by atoms with E-state index in [-0.39, 0.29) is 12.2 Å². The van der Waals surface area contributed by atoms with Crippen LogP contribution >= 0.6 is 0 Å². The Labute approximate surface area is 69.7 Å². The second-order valence-electron chi connectivity index (χ2n) is 2.54. The summed E-state index contributed by atoms with van der Waals surface area (Å²) in [5.41, 5.74) is 0.137. The van der Waals surface area contributed by atoms with Crippen molar-refractivity contribution in [3.05, 3.63) is 41.3 Å². The lowest BCUT2D eigenvalue weighted by atomic mass is 10.0. The number of hydrogen-bond donors (Lipinski definition) is 1. The average Bonchev–Trinajstić information content (AvgIpc) is 2.08.